The summed E-state index contributed by atoms with van der Waals surface area (Å²) in [6.07, 6.45) is 5.74. The molecule has 0 spiro atoms. The lowest BCUT2D eigenvalue weighted by molar-refractivity contribution is -0.121. The van der Waals surface area contributed by atoms with E-state index in [0.717, 1.165) is 35.1 Å². The highest BCUT2D eigenvalue weighted by molar-refractivity contribution is 5.92. The van der Waals surface area contributed by atoms with Crippen molar-refractivity contribution in [2.45, 2.75) is 26.1 Å². The normalized spacial score (nSPS) is 20.4. The highest BCUT2D eigenvalue weighted by Crippen LogP contribution is 2.23. The molecule has 0 saturated carbocycles. The summed E-state index contributed by atoms with van der Waals surface area (Å²) < 4.78 is 7.47. The molecule has 8 nitrogen and oxygen atoms in total. The van der Waals surface area contributed by atoms with Crippen molar-refractivity contribution in [2.24, 2.45) is 7.05 Å². The number of benzene rings is 1. The number of ether oxygens (including phenoxy) is 1. The lowest BCUT2D eigenvalue weighted by Gasteiger charge is -2.34. The van der Waals surface area contributed by atoms with Gasteiger partial charge in [0.05, 0.1) is 30.5 Å². The van der Waals surface area contributed by atoms with Crippen LogP contribution in [0.3, 0.4) is 0 Å². The number of nitrogens with zero attached hydrogens (tertiary/aromatic N) is 5. The second-order valence-electron chi connectivity index (χ2n) is 7.37. The maximum atomic E-state index is 12.4. The summed E-state index contributed by atoms with van der Waals surface area (Å²) in [6.45, 7) is 5.82. The van der Waals surface area contributed by atoms with E-state index in [-0.39, 0.29) is 18.1 Å². The van der Waals surface area contributed by atoms with Crippen molar-refractivity contribution in [3.05, 3.63) is 36.8 Å². The molecule has 0 radical (unpaired) electrons. The highest BCUT2D eigenvalue weighted by Gasteiger charge is 2.23. The summed E-state index contributed by atoms with van der Waals surface area (Å²) in [4.78, 5) is 23.3. The van der Waals surface area contributed by atoms with Crippen molar-refractivity contribution in [3.8, 4) is 11.1 Å². The zero-order valence-electron chi connectivity index (χ0n) is 16.3. The van der Waals surface area contributed by atoms with Crippen LogP contribution in [0.4, 0.5) is 5.95 Å². The smallest absolute Gasteiger partial charge is 0.240 e. The number of aromatic nitrogens is 4. The van der Waals surface area contributed by atoms with E-state index in [1.807, 2.05) is 51.5 Å². The Balaban J connectivity index is 1.48. The minimum atomic E-state index is -0.121. The Morgan fingerprint density at radius 1 is 1.21 bits per heavy atom. The van der Waals surface area contributed by atoms with E-state index in [2.05, 4.69) is 25.3 Å². The van der Waals surface area contributed by atoms with Crippen LogP contribution in [0.2, 0.25) is 0 Å². The first-order valence-corrected chi connectivity index (χ1v) is 9.40. The summed E-state index contributed by atoms with van der Waals surface area (Å²) in [5, 5.41) is 7.94. The number of nitrogens with one attached hydrogen (secondary N) is 1. The molecule has 0 unspecified atom stereocenters. The molecule has 3 aromatic rings. The molecule has 146 valence electrons. The first kappa shape index (κ1) is 18.5. The van der Waals surface area contributed by atoms with Crippen LogP contribution < -0.4 is 5.32 Å². The first-order valence-electron chi connectivity index (χ1n) is 9.40. The third-order valence-corrected chi connectivity index (χ3v) is 4.73. The van der Waals surface area contributed by atoms with Gasteiger partial charge in [-0.15, -0.1) is 0 Å². The van der Waals surface area contributed by atoms with Crippen molar-refractivity contribution in [1.82, 2.24) is 24.6 Å². The van der Waals surface area contributed by atoms with Gasteiger partial charge in [-0.1, -0.05) is 12.1 Å². The topological polar surface area (TPSA) is 85.2 Å². The maximum absolute atomic E-state index is 12.4. The predicted molar refractivity (Wildman–Crippen MR) is 107 cm³/mol. The Hall–Kier alpha value is -2.84. The molecular formula is C20H24N6O2. The number of fused-ring (bicyclic) bond motifs is 1. The van der Waals surface area contributed by atoms with Gasteiger partial charge in [-0.05, 0) is 25.5 Å². The average Bonchev–Trinajstić information content (AvgIpc) is 3.06. The Morgan fingerprint density at radius 2 is 2.00 bits per heavy atom. The van der Waals surface area contributed by atoms with Gasteiger partial charge in [0.15, 0.2) is 0 Å². The number of carbonyl (C=O) groups is 1. The number of hydrogen-bond acceptors (Lipinski definition) is 6. The monoisotopic (exact) mass is 380 g/mol. The largest absolute Gasteiger partial charge is 0.373 e. The average molecular weight is 380 g/mol. The minimum absolute atomic E-state index is 0.121. The van der Waals surface area contributed by atoms with Gasteiger partial charge in [0, 0.05) is 43.5 Å². The molecule has 2 atom stereocenters. The van der Waals surface area contributed by atoms with Crippen molar-refractivity contribution in [3.63, 3.8) is 0 Å². The van der Waals surface area contributed by atoms with E-state index >= 15 is 0 Å². The molecular weight excluding hydrogens is 356 g/mol. The second-order valence-corrected chi connectivity index (χ2v) is 7.37. The summed E-state index contributed by atoms with van der Waals surface area (Å²) in [7, 11) is 1.89. The number of amides is 1. The molecule has 3 heterocycles. The van der Waals surface area contributed by atoms with E-state index in [1.165, 1.54) is 0 Å². The van der Waals surface area contributed by atoms with Crippen LogP contribution in [0.5, 0.6) is 0 Å². The van der Waals surface area contributed by atoms with Crippen LogP contribution in [-0.4, -0.2) is 62.4 Å². The fourth-order valence-electron chi connectivity index (χ4n) is 3.61. The van der Waals surface area contributed by atoms with E-state index in [9.17, 15) is 4.79 Å². The third kappa shape index (κ3) is 4.18. The first-order chi connectivity index (χ1) is 13.5. The number of anilines is 1. The molecule has 4 rings (SSSR count). The van der Waals surface area contributed by atoms with Crippen molar-refractivity contribution < 1.29 is 9.53 Å². The summed E-state index contributed by atoms with van der Waals surface area (Å²) in [5.41, 5.74) is 2.82. The van der Waals surface area contributed by atoms with Gasteiger partial charge in [0.2, 0.25) is 11.9 Å². The molecule has 1 N–H and O–H groups in total. The zero-order valence-corrected chi connectivity index (χ0v) is 16.3. The Kier molecular flexibility index (Phi) is 5.06. The van der Waals surface area contributed by atoms with Crippen molar-refractivity contribution in [2.75, 3.05) is 25.0 Å². The number of hydrogen-bond donors (Lipinski definition) is 1. The van der Waals surface area contributed by atoms with Gasteiger partial charge in [-0.3, -0.25) is 19.7 Å². The summed E-state index contributed by atoms with van der Waals surface area (Å²) in [5.74, 6) is 0.194. The van der Waals surface area contributed by atoms with Gasteiger partial charge >= 0.3 is 0 Å². The molecule has 8 heteroatoms. The lowest BCUT2D eigenvalue weighted by Crippen LogP contribution is -2.48. The molecule has 1 aliphatic rings. The minimum Gasteiger partial charge on any atom is -0.373 e. The van der Waals surface area contributed by atoms with Crippen molar-refractivity contribution in [1.29, 1.82) is 0 Å². The maximum Gasteiger partial charge on any atom is 0.240 e. The van der Waals surface area contributed by atoms with Gasteiger partial charge in [-0.25, -0.2) is 9.97 Å². The molecule has 2 aromatic heterocycles. The summed E-state index contributed by atoms with van der Waals surface area (Å²) >= 11 is 0. The molecule has 0 bridgehead atoms. The fourth-order valence-corrected chi connectivity index (χ4v) is 3.61. The lowest BCUT2D eigenvalue weighted by atomic mass is 10.1. The molecule has 1 saturated heterocycles. The van der Waals surface area contributed by atoms with Gasteiger partial charge < -0.3 is 4.74 Å². The molecule has 0 aliphatic carbocycles. The van der Waals surface area contributed by atoms with Crippen LogP contribution in [0.15, 0.2) is 36.8 Å². The van der Waals surface area contributed by atoms with Crippen LogP contribution in [0.25, 0.3) is 22.0 Å². The number of morpholine rings is 1. The summed E-state index contributed by atoms with van der Waals surface area (Å²) in [6, 6.07) is 5.97. The molecule has 1 amide bonds. The predicted octanol–water partition coefficient (Wildman–Crippen LogP) is 2.08. The Morgan fingerprint density at radius 3 is 2.71 bits per heavy atom. The van der Waals surface area contributed by atoms with E-state index in [1.54, 1.807) is 10.9 Å². The van der Waals surface area contributed by atoms with Crippen LogP contribution >= 0.6 is 0 Å². The van der Waals surface area contributed by atoms with E-state index in [4.69, 9.17) is 4.74 Å². The SMILES string of the molecule is C[C@@H]1CN(CC(=O)Nc2ncc3ccc(-c4cnn(C)c4)cc3n2)C[C@H](C)O1. The second kappa shape index (κ2) is 7.65. The van der Waals surface area contributed by atoms with Crippen LogP contribution in [-0.2, 0) is 16.6 Å². The van der Waals surface area contributed by atoms with Crippen molar-refractivity contribution >= 4 is 22.8 Å². The molecule has 28 heavy (non-hydrogen) atoms. The quantitative estimate of drug-likeness (QED) is 0.746. The highest BCUT2D eigenvalue weighted by atomic mass is 16.5. The standard InChI is InChI=1S/C20H24N6O2/c1-13-9-26(10-14(2)28-13)12-19(27)24-20-21-7-16-5-4-15(6-18(16)23-20)17-8-22-25(3)11-17/h4-8,11,13-14H,9-10,12H2,1-3H3,(H,21,23,24,27)/t13-,14+. The number of aryl methyl sites for hydroxylation is 1. The number of rotatable bonds is 4. The van der Waals surface area contributed by atoms with E-state index < -0.39 is 0 Å². The number of carbonyl (C=O) groups excluding carboxylic acids is 1. The molecule has 1 fully saturated rings. The third-order valence-electron chi connectivity index (χ3n) is 4.73. The van der Waals surface area contributed by atoms with Crippen LogP contribution in [0, 0.1) is 0 Å². The molecule has 1 aromatic carbocycles. The Labute approximate surface area is 163 Å². The Bertz CT molecular complexity index is 991. The van der Waals surface area contributed by atoms with Gasteiger partial charge in [-0.2, -0.15) is 5.10 Å². The van der Waals surface area contributed by atoms with Gasteiger partial charge in [0.25, 0.3) is 0 Å². The molecule has 1 aliphatic heterocycles. The van der Waals surface area contributed by atoms with E-state index in [0.29, 0.717) is 12.5 Å². The zero-order chi connectivity index (χ0) is 19.7. The fraction of sp³-hybridized carbons (Fsp3) is 0.400. The van der Waals surface area contributed by atoms with Crippen LogP contribution in [0.1, 0.15) is 13.8 Å². The van der Waals surface area contributed by atoms with Gasteiger partial charge in [0.1, 0.15) is 0 Å².